The molecule has 0 aromatic carbocycles. The Hall–Kier alpha value is -1.30. The number of nitrogens with zero attached hydrogens (tertiary/aromatic N) is 1. The molecule has 2 atom stereocenters. The minimum atomic E-state index is -0.339. The summed E-state index contributed by atoms with van der Waals surface area (Å²) in [7, 11) is 0. The van der Waals surface area contributed by atoms with Crippen LogP contribution >= 0.6 is 0 Å². The van der Waals surface area contributed by atoms with Crippen LogP contribution in [0.4, 0.5) is 0 Å². The van der Waals surface area contributed by atoms with Gasteiger partial charge < -0.3 is 5.32 Å². The van der Waals surface area contributed by atoms with Crippen LogP contribution in [-0.2, 0) is 0 Å². The van der Waals surface area contributed by atoms with Crippen molar-refractivity contribution in [2.45, 2.75) is 31.8 Å². The fourth-order valence-corrected chi connectivity index (χ4v) is 1.99. The fraction of sp³-hybridized carbons (Fsp3) is 0.750. The normalized spacial score (nSPS) is 27.8. The van der Waals surface area contributed by atoms with Gasteiger partial charge in [-0.2, -0.15) is 0 Å². The van der Waals surface area contributed by atoms with Crippen LogP contribution < -0.4 is 16.7 Å². The van der Waals surface area contributed by atoms with Gasteiger partial charge in [0.25, 0.3) is 0 Å². The SMILES string of the molecule is CC1CC(n2c(=O)[nH][nH]c2=O)CCN1. The molecule has 1 aliphatic rings. The Labute approximate surface area is 80.3 Å². The molecule has 1 aromatic heterocycles. The summed E-state index contributed by atoms with van der Waals surface area (Å²) in [4.78, 5) is 22.6. The number of hydrogen-bond donors (Lipinski definition) is 3. The van der Waals surface area contributed by atoms with E-state index in [0.717, 1.165) is 19.4 Å². The highest BCUT2D eigenvalue weighted by atomic mass is 16.2. The lowest BCUT2D eigenvalue weighted by molar-refractivity contribution is 0.304. The zero-order valence-corrected chi connectivity index (χ0v) is 8.04. The van der Waals surface area contributed by atoms with Crippen LogP contribution in [0.2, 0.25) is 0 Å². The summed E-state index contributed by atoms with van der Waals surface area (Å²) in [6.07, 6.45) is 1.64. The Balaban J connectivity index is 2.30. The van der Waals surface area contributed by atoms with Gasteiger partial charge in [-0.25, -0.2) is 24.4 Å². The molecule has 14 heavy (non-hydrogen) atoms. The lowest BCUT2D eigenvalue weighted by Gasteiger charge is -2.27. The largest absolute Gasteiger partial charge is 0.344 e. The van der Waals surface area contributed by atoms with E-state index in [1.54, 1.807) is 0 Å². The lowest BCUT2D eigenvalue weighted by atomic mass is 10.0. The lowest BCUT2D eigenvalue weighted by Crippen LogP contribution is -2.41. The highest BCUT2D eigenvalue weighted by Gasteiger charge is 2.22. The maximum Gasteiger partial charge on any atom is 0.344 e. The third kappa shape index (κ3) is 1.52. The van der Waals surface area contributed by atoms with E-state index in [1.165, 1.54) is 4.57 Å². The molecule has 6 heteroatoms. The second kappa shape index (κ2) is 3.45. The Morgan fingerprint density at radius 2 is 1.93 bits per heavy atom. The molecule has 1 aliphatic heterocycles. The van der Waals surface area contributed by atoms with Gasteiger partial charge in [0.05, 0.1) is 0 Å². The van der Waals surface area contributed by atoms with Crippen molar-refractivity contribution in [2.24, 2.45) is 0 Å². The Morgan fingerprint density at radius 3 is 2.50 bits per heavy atom. The maximum absolute atomic E-state index is 11.3. The molecule has 6 nitrogen and oxygen atoms in total. The van der Waals surface area contributed by atoms with Crippen molar-refractivity contribution in [1.29, 1.82) is 0 Å². The van der Waals surface area contributed by atoms with Crippen molar-refractivity contribution in [3.05, 3.63) is 21.0 Å². The van der Waals surface area contributed by atoms with E-state index >= 15 is 0 Å². The second-order valence-electron chi connectivity index (χ2n) is 3.76. The number of hydrogen-bond acceptors (Lipinski definition) is 3. The number of aromatic amines is 2. The van der Waals surface area contributed by atoms with Crippen molar-refractivity contribution >= 4 is 0 Å². The van der Waals surface area contributed by atoms with Crippen LogP contribution in [0.25, 0.3) is 0 Å². The molecule has 0 amide bonds. The molecule has 2 unspecified atom stereocenters. The van der Waals surface area contributed by atoms with Gasteiger partial charge in [-0.1, -0.05) is 0 Å². The molecule has 0 saturated carbocycles. The van der Waals surface area contributed by atoms with E-state index in [-0.39, 0.29) is 17.4 Å². The molecule has 0 spiro atoms. The van der Waals surface area contributed by atoms with Gasteiger partial charge in [0.1, 0.15) is 0 Å². The molecule has 0 bridgehead atoms. The van der Waals surface area contributed by atoms with Crippen LogP contribution in [0.3, 0.4) is 0 Å². The maximum atomic E-state index is 11.3. The molecule has 1 saturated heterocycles. The summed E-state index contributed by atoms with van der Waals surface area (Å²) in [5.41, 5.74) is -0.678. The molecule has 1 aromatic rings. The van der Waals surface area contributed by atoms with Gasteiger partial charge in [-0.15, -0.1) is 0 Å². The van der Waals surface area contributed by atoms with E-state index in [9.17, 15) is 9.59 Å². The molecule has 2 heterocycles. The number of aromatic nitrogens is 3. The Kier molecular flexibility index (Phi) is 2.28. The van der Waals surface area contributed by atoms with Gasteiger partial charge in [-0.3, -0.25) is 0 Å². The van der Waals surface area contributed by atoms with Crippen LogP contribution in [0.1, 0.15) is 25.8 Å². The van der Waals surface area contributed by atoms with Crippen LogP contribution in [0.5, 0.6) is 0 Å². The van der Waals surface area contributed by atoms with Crippen molar-refractivity contribution in [1.82, 2.24) is 20.1 Å². The smallest absolute Gasteiger partial charge is 0.314 e. The third-order valence-corrected chi connectivity index (χ3v) is 2.68. The standard InChI is InChI=1S/C8H14N4O2/c1-5-4-6(2-3-9-5)12-7(13)10-11-8(12)14/h5-6,9H,2-4H2,1H3,(H,10,13)(H,11,14). The van der Waals surface area contributed by atoms with Gasteiger partial charge in [0.2, 0.25) is 0 Å². The fourth-order valence-electron chi connectivity index (χ4n) is 1.99. The topological polar surface area (TPSA) is 82.7 Å². The van der Waals surface area contributed by atoms with Gasteiger partial charge in [0.15, 0.2) is 0 Å². The summed E-state index contributed by atoms with van der Waals surface area (Å²) in [6, 6.07) is 0.378. The van der Waals surface area contributed by atoms with E-state index < -0.39 is 0 Å². The zero-order chi connectivity index (χ0) is 10.1. The van der Waals surface area contributed by atoms with Gasteiger partial charge in [0, 0.05) is 12.1 Å². The van der Waals surface area contributed by atoms with Crippen molar-refractivity contribution in [3.8, 4) is 0 Å². The third-order valence-electron chi connectivity index (χ3n) is 2.68. The van der Waals surface area contributed by atoms with Gasteiger partial charge >= 0.3 is 11.4 Å². The van der Waals surface area contributed by atoms with E-state index in [2.05, 4.69) is 22.4 Å². The second-order valence-corrected chi connectivity index (χ2v) is 3.76. The molecule has 78 valence electrons. The number of H-pyrrole nitrogens is 2. The Bertz CT molecular complexity index is 388. The predicted octanol–water partition coefficient (Wildman–Crippen LogP) is -0.822. The van der Waals surface area contributed by atoms with Crippen molar-refractivity contribution in [2.75, 3.05) is 6.54 Å². The molecule has 0 radical (unpaired) electrons. The summed E-state index contributed by atoms with van der Waals surface area (Å²) >= 11 is 0. The molecule has 0 aliphatic carbocycles. The van der Waals surface area contributed by atoms with Crippen molar-refractivity contribution < 1.29 is 0 Å². The molecule has 2 rings (SSSR count). The van der Waals surface area contributed by atoms with Crippen LogP contribution in [0.15, 0.2) is 9.59 Å². The summed E-state index contributed by atoms with van der Waals surface area (Å²) in [5.74, 6) is 0. The first-order valence-electron chi connectivity index (χ1n) is 4.81. The monoisotopic (exact) mass is 198 g/mol. The average molecular weight is 198 g/mol. The van der Waals surface area contributed by atoms with E-state index in [0.29, 0.717) is 6.04 Å². The minimum Gasteiger partial charge on any atom is -0.314 e. The van der Waals surface area contributed by atoms with Crippen molar-refractivity contribution in [3.63, 3.8) is 0 Å². The summed E-state index contributed by atoms with van der Waals surface area (Å²) < 4.78 is 1.28. The first-order valence-corrected chi connectivity index (χ1v) is 4.81. The highest BCUT2D eigenvalue weighted by molar-refractivity contribution is 4.82. The molecular formula is C8H14N4O2. The van der Waals surface area contributed by atoms with Gasteiger partial charge in [-0.05, 0) is 26.3 Å². The molecule has 1 fully saturated rings. The van der Waals surface area contributed by atoms with Crippen LogP contribution in [0, 0.1) is 0 Å². The van der Waals surface area contributed by atoms with E-state index in [4.69, 9.17) is 0 Å². The molecular weight excluding hydrogens is 184 g/mol. The minimum absolute atomic E-state index is 0.0220. The zero-order valence-electron chi connectivity index (χ0n) is 8.04. The molecule has 3 N–H and O–H groups in total. The first kappa shape index (κ1) is 9.26. The predicted molar refractivity (Wildman–Crippen MR) is 51.4 cm³/mol. The first-order chi connectivity index (χ1) is 6.68. The van der Waals surface area contributed by atoms with Crippen LogP contribution in [-0.4, -0.2) is 27.4 Å². The number of piperidine rings is 1. The number of nitrogens with one attached hydrogen (secondary N) is 3. The highest BCUT2D eigenvalue weighted by Crippen LogP contribution is 2.17. The van der Waals surface area contributed by atoms with E-state index in [1.807, 2.05) is 0 Å². The summed E-state index contributed by atoms with van der Waals surface area (Å²) in [6.45, 7) is 2.90. The quantitative estimate of drug-likeness (QED) is 0.551. The summed E-state index contributed by atoms with van der Waals surface area (Å²) in [5, 5.41) is 7.87. The average Bonchev–Trinajstić information content (AvgIpc) is 2.46. The Morgan fingerprint density at radius 1 is 1.29 bits per heavy atom. The number of rotatable bonds is 1.